The van der Waals surface area contributed by atoms with E-state index in [-0.39, 0.29) is 5.15 Å². The van der Waals surface area contributed by atoms with Gasteiger partial charge in [-0.25, -0.2) is 4.68 Å². The van der Waals surface area contributed by atoms with Crippen LogP contribution in [0.2, 0.25) is 5.15 Å². The van der Waals surface area contributed by atoms with Gasteiger partial charge in [-0.3, -0.25) is 4.79 Å². The summed E-state index contributed by atoms with van der Waals surface area (Å²) in [4.78, 5) is 19.8. The molecule has 3 rings (SSSR count). The van der Waals surface area contributed by atoms with Gasteiger partial charge in [-0.15, -0.1) is 0 Å². The summed E-state index contributed by atoms with van der Waals surface area (Å²) >= 11 is 6.14. The van der Waals surface area contributed by atoms with E-state index in [4.69, 9.17) is 16.3 Å². The number of aldehydes is 1. The van der Waals surface area contributed by atoms with Gasteiger partial charge in [0.15, 0.2) is 6.29 Å². The van der Waals surface area contributed by atoms with Gasteiger partial charge in [0.2, 0.25) is 0 Å². The standard InChI is InChI=1S/C18H18ClN5O2/c1-3-15-13(11-25)10-21-24(15)18-22-16(19)8-17(23-18)20-9-12-4-6-14(26-2)7-5-12/h4-8,10-11H,3,9H2,1-2H3,(H,20,22,23). The zero-order chi connectivity index (χ0) is 18.5. The van der Waals surface area contributed by atoms with Crippen molar-refractivity contribution in [3.63, 3.8) is 0 Å². The fourth-order valence-electron chi connectivity index (χ4n) is 2.54. The summed E-state index contributed by atoms with van der Waals surface area (Å²) in [6.45, 7) is 2.50. The maximum absolute atomic E-state index is 11.1. The van der Waals surface area contributed by atoms with Gasteiger partial charge in [0.1, 0.15) is 16.7 Å². The molecule has 2 aromatic heterocycles. The first-order chi connectivity index (χ1) is 12.6. The molecule has 1 aromatic carbocycles. The lowest BCUT2D eigenvalue weighted by Gasteiger charge is -2.10. The van der Waals surface area contributed by atoms with Crippen LogP contribution in [-0.4, -0.2) is 33.1 Å². The SMILES string of the molecule is CCc1c(C=O)cnn1-c1nc(Cl)cc(NCc2ccc(OC)cc2)n1. The molecule has 0 radical (unpaired) electrons. The van der Waals surface area contributed by atoms with Crippen molar-refractivity contribution in [3.8, 4) is 11.7 Å². The molecule has 0 atom stereocenters. The summed E-state index contributed by atoms with van der Waals surface area (Å²) in [7, 11) is 1.63. The third-order valence-electron chi connectivity index (χ3n) is 3.87. The highest BCUT2D eigenvalue weighted by molar-refractivity contribution is 6.29. The number of methoxy groups -OCH3 is 1. The van der Waals surface area contributed by atoms with E-state index >= 15 is 0 Å². The van der Waals surface area contributed by atoms with Crippen LogP contribution in [0, 0.1) is 0 Å². The van der Waals surface area contributed by atoms with Crippen LogP contribution in [0.5, 0.6) is 5.75 Å². The predicted molar refractivity (Wildman–Crippen MR) is 99.3 cm³/mol. The Morgan fingerprint density at radius 3 is 2.69 bits per heavy atom. The Labute approximate surface area is 156 Å². The molecule has 8 heteroatoms. The molecule has 0 unspecified atom stereocenters. The van der Waals surface area contributed by atoms with Gasteiger partial charge in [0.05, 0.1) is 24.6 Å². The number of hydrogen-bond donors (Lipinski definition) is 1. The van der Waals surface area contributed by atoms with Crippen LogP contribution in [0.25, 0.3) is 5.95 Å². The van der Waals surface area contributed by atoms with E-state index in [1.165, 1.54) is 10.9 Å². The van der Waals surface area contributed by atoms with Crippen molar-refractivity contribution in [1.82, 2.24) is 19.7 Å². The fourth-order valence-corrected chi connectivity index (χ4v) is 2.72. The first kappa shape index (κ1) is 17.9. The van der Waals surface area contributed by atoms with E-state index in [1.54, 1.807) is 13.2 Å². The number of hydrogen-bond acceptors (Lipinski definition) is 6. The Hall–Kier alpha value is -2.93. The lowest BCUT2D eigenvalue weighted by Crippen LogP contribution is -2.10. The molecule has 7 nitrogen and oxygen atoms in total. The number of carbonyl (C=O) groups is 1. The van der Waals surface area contributed by atoms with Crippen molar-refractivity contribution in [2.75, 3.05) is 12.4 Å². The molecule has 0 aliphatic heterocycles. The summed E-state index contributed by atoms with van der Waals surface area (Å²) in [5, 5.41) is 7.72. The minimum Gasteiger partial charge on any atom is -0.497 e. The van der Waals surface area contributed by atoms with Gasteiger partial charge in [0, 0.05) is 12.6 Å². The number of rotatable bonds is 7. The molecule has 2 heterocycles. The molecule has 0 spiro atoms. The second-order valence-electron chi connectivity index (χ2n) is 5.51. The van der Waals surface area contributed by atoms with Crippen LogP contribution in [0.4, 0.5) is 5.82 Å². The molecule has 3 aromatic rings. The minimum absolute atomic E-state index is 0.289. The summed E-state index contributed by atoms with van der Waals surface area (Å²) in [5.74, 6) is 1.69. The number of halogens is 1. The van der Waals surface area contributed by atoms with Crippen LogP contribution < -0.4 is 10.1 Å². The van der Waals surface area contributed by atoms with Gasteiger partial charge in [0.25, 0.3) is 5.95 Å². The molecule has 0 fully saturated rings. The van der Waals surface area contributed by atoms with Gasteiger partial charge < -0.3 is 10.1 Å². The third kappa shape index (κ3) is 3.83. The highest BCUT2D eigenvalue weighted by atomic mass is 35.5. The van der Waals surface area contributed by atoms with Gasteiger partial charge in [-0.1, -0.05) is 30.7 Å². The average molecular weight is 372 g/mol. The second-order valence-corrected chi connectivity index (χ2v) is 5.89. The Morgan fingerprint density at radius 2 is 2.04 bits per heavy atom. The topological polar surface area (TPSA) is 81.9 Å². The monoisotopic (exact) mass is 371 g/mol. The Balaban J connectivity index is 1.83. The molecular weight excluding hydrogens is 354 g/mol. The highest BCUT2D eigenvalue weighted by Crippen LogP contribution is 2.18. The molecular formula is C18H18ClN5O2. The smallest absolute Gasteiger partial charge is 0.254 e. The van der Waals surface area contributed by atoms with Gasteiger partial charge in [-0.2, -0.15) is 15.1 Å². The number of nitrogens with one attached hydrogen (secondary N) is 1. The third-order valence-corrected chi connectivity index (χ3v) is 4.06. The fraction of sp³-hybridized carbons (Fsp3) is 0.222. The van der Waals surface area contributed by atoms with Gasteiger partial charge in [-0.05, 0) is 24.1 Å². The van der Waals surface area contributed by atoms with Crippen molar-refractivity contribution < 1.29 is 9.53 Å². The molecule has 0 bridgehead atoms. The van der Waals surface area contributed by atoms with E-state index in [0.717, 1.165) is 23.3 Å². The van der Waals surface area contributed by atoms with E-state index in [0.29, 0.717) is 30.3 Å². The number of nitrogens with zero attached hydrogens (tertiary/aromatic N) is 4. The summed E-state index contributed by atoms with van der Waals surface area (Å²) in [6, 6.07) is 9.37. The van der Waals surface area contributed by atoms with E-state index in [9.17, 15) is 4.79 Å². The molecule has 0 saturated carbocycles. The second kappa shape index (κ2) is 7.97. The number of anilines is 1. The van der Waals surface area contributed by atoms with Crippen LogP contribution >= 0.6 is 11.6 Å². The van der Waals surface area contributed by atoms with E-state index in [2.05, 4.69) is 20.4 Å². The number of benzene rings is 1. The van der Waals surface area contributed by atoms with Gasteiger partial charge >= 0.3 is 0 Å². The normalized spacial score (nSPS) is 10.6. The lowest BCUT2D eigenvalue weighted by atomic mass is 10.2. The largest absolute Gasteiger partial charge is 0.497 e. The molecule has 134 valence electrons. The highest BCUT2D eigenvalue weighted by Gasteiger charge is 2.13. The summed E-state index contributed by atoms with van der Waals surface area (Å²) in [5.41, 5.74) is 2.32. The molecule has 26 heavy (non-hydrogen) atoms. The van der Waals surface area contributed by atoms with Crippen LogP contribution in [0.1, 0.15) is 28.5 Å². The number of aromatic nitrogens is 4. The van der Waals surface area contributed by atoms with Crippen molar-refractivity contribution >= 4 is 23.7 Å². The quantitative estimate of drug-likeness (QED) is 0.507. The Kier molecular flexibility index (Phi) is 5.48. The number of ether oxygens (including phenoxy) is 1. The predicted octanol–water partition coefficient (Wildman–Crippen LogP) is 3.31. The number of carbonyl (C=O) groups excluding carboxylic acids is 1. The first-order valence-electron chi connectivity index (χ1n) is 8.08. The molecule has 1 N–H and O–H groups in total. The Bertz CT molecular complexity index is 908. The molecule has 0 amide bonds. The van der Waals surface area contributed by atoms with Crippen LogP contribution in [0.15, 0.2) is 36.5 Å². The first-order valence-corrected chi connectivity index (χ1v) is 8.46. The zero-order valence-electron chi connectivity index (χ0n) is 14.4. The van der Waals surface area contributed by atoms with E-state index < -0.39 is 0 Å². The minimum atomic E-state index is 0.289. The van der Waals surface area contributed by atoms with Crippen LogP contribution in [-0.2, 0) is 13.0 Å². The van der Waals surface area contributed by atoms with Crippen molar-refractivity contribution in [2.24, 2.45) is 0 Å². The maximum Gasteiger partial charge on any atom is 0.254 e. The van der Waals surface area contributed by atoms with E-state index in [1.807, 2.05) is 31.2 Å². The molecule has 0 aliphatic rings. The lowest BCUT2D eigenvalue weighted by molar-refractivity contribution is 0.112. The van der Waals surface area contributed by atoms with Crippen molar-refractivity contribution in [1.29, 1.82) is 0 Å². The van der Waals surface area contributed by atoms with Crippen LogP contribution in [0.3, 0.4) is 0 Å². The molecule has 0 saturated heterocycles. The van der Waals surface area contributed by atoms with Crippen molar-refractivity contribution in [3.05, 3.63) is 58.5 Å². The molecule has 0 aliphatic carbocycles. The zero-order valence-corrected chi connectivity index (χ0v) is 15.2. The maximum atomic E-state index is 11.1. The average Bonchev–Trinajstić information content (AvgIpc) is 3.09. The summed E-state index contributed by atoms with van der Waals surface area (Å²) < 4.78 is 6.69. The summed E-state index contributed by atoms with van der Waals surface area (Å²) in [6.07, 6.45) is 2.90. The Morgan fingerprint density at radius 1 is 1.27 bits per heavy atom. The van der Waals surface area contributed by atoms with Crippen molar-refractivity contribution in [2.45, 2.75) is 19.9 Å².